The van der Waals surface area contributed by atoms with E-state index in [1.807, 2.05) is 61.0 Å². The van der Waals surface area contributed by atoms with Crippen LogP contribution in [0.3, 0.4) is 0 Å². The first-order valence-corrected chi connectivity index (χ1v) is 13.3. The highest BCUT2D eigenvalue weighted by Gasteiger charge is 2.18. The fourth-order valence-electron chi connectivity index (χ4n) is 4.01. The van der Waals surface area contributed by atoms with Gasteiger partial charge in [0.05, 0.1) is 28.3 Å². The van der Waals surface area contributed by atoms with Crippen LogP contribution < -0.4 is 15.4 Å². The Morgan fingerprint density at radius 1 is 1.17 bits per heavy atom. The molecule has 12 heteroatoms. The Bertz CT molecular complexity index is 1520. The summed E-state index contributed by atoms with van der Waals surface area (Å²) >= 11 is 6.58. The van der Waals surface area contributed by atoms with E-state index in [0.717, 1.165) is 28.0 Å². The topological polar surface area (TPSA) is 123 Å². The molecule has 3 N–H and O–H groups in total. The molecule has 2 heterocycles. The maximum Gasteiger partial charge on any atom is 0.222 e. The number of amides is 1. The molecule has 0 aliphatic rings. The predicted molar refractivity (Wildman–Crippen MR) is 164 cm³/mol. The Balaban J connectivity index is 0.00000462. The Morgan fingerprint density at radius 3 is 2.71 bits per heavy atom. The minimum atomic E-state index is -1.06. The van der Waals surface area contributed by atoms with Gasteiger partial charge in [-0.2, -0.15) is 0 Å². The molecule has 0 atom stereocenters. The summed E-state index contributed by atoms with van der Waals surface area (Å²) in [5, 5.41) is 20.5. The summed E-state index contributed by atoms with van der Waals surface area (Å²) in [6, 6.07) is 14.8. The van der Waals surface area contributed by atoms with Crippen LogP contribution in [0.1, 0.15) is 39.7 Å². The molecule has 4 aromatic rings. The van der Waals surface area contributed by atoms with Gasteiger partial charge in [0.25, 0.3) is 0 Å². The van der Waals surface area contributed by atoms with Crippen LogP contribution in [-0.2, 0) is 16.2 Å². The van der Waals surface area contributed by atoms with Crippen molar-refractivity contribution in [3.05, 3.63) is 71.6 Å². The molecule has 0 fully saturated rings. The van der Waals surface area contributed by atoms with Crippen molar-refractivity contribution in [1.82, 2.24) is 19.9 Å². The van der Waals surface area contributed by atoms with Crippen LogP contribution in [0.2, 0.25) is 5.02 Å². The number of rotatable bonds is 12. The molecule has 0 unspecified atom stereocenters. The van der Waals surface area contributed by atoms with Crippen molar-refractivity contribution in [1.29, 1.82) is 0 Å². The summed E-state index contributed by atoms with van der Waals surface area (Å²) < 4.78 is 8.01. The zero-order valence-corrected chi connectivity index (χ0v) is 24.9. The molecule has 0 saturated heterocycles. The van der Waals surface area contributed by atoms with Gasteiger partial charge in [-0.15, -0.1) is 12.4 Å². The van der Waals surface area contributed by atoms with E-state index in [9.17, 15) is 9.90 Å². The maximum absolute atomic E-state index is 12.1. The zero-order valence-electron chi connectivity index (χ0n) is 23.3. The molecular formula is C29H34Cl2N6O4. The molecule has 4 rings (SSSR count). The van der Waals surface area contributed by atoms with Gasteiger partial charge in [0.15, 0.2) is 5.82 Å². The number of oxime groups is 1. The minimum Gasteiger partial charge on any atom is -0.456 e. The second-order valence-corrected chi connectivity index (χ2v) is 10.2. The van der Waals surface area contributed by atoms with E-state index in [1.54, 1.807) is 26.0 Å². The number of halogens is 2. The Morgan fingerprint density at radius 2 is 1.98 bits per heavy atom. The summed E-state index contributed by atoms with van der Waals surface area (Å²) in [4.78, 5) is 26.0. The average Bonchev–Trinajstić information content (AvgIpc) is 3.32. The van der Waals surface area contributed by atoms with Crippen molar-refractivity contribution in [2.75, 3.05) is 18.5 Å². The lowest BCUT2D eigenvalue weighted by Crippen LogP contribution is -2.33. The first-order valence-electron chi connectivity index (χ1n) is 12.9. The summed E-state index contributed by atoms with van der Waals surface area (Å²) in [7, 11) is 0. The van der Waals surface area contributed by atoms with Crippen LogP contribution in [0.4, 0.5) is 11.5 Å². The molecule has 2 aromatic heterocycles. The van der Waals surface area contributed by atoms with Crippen molar-refractivity contribution in [2.45, 2.75) is 46.3 Å². The number of hydrogen-bond donors (Lipinski definition) is 3. The Kier molecular flexibility index (Phi) is 10.9. The summed E-state index contributed by atoms with van der Waals surface area (Å²) in [5.74, 6) is 1.51. The lowest BCUT2D eigenvalue weighted by molar-refractivity contribution is -0.124. The van der Waals surface area contributed by atoms with Crippen LogP contribution in [0.25, 0.3) is 11.0 Å². The number of nitrogens with zero attached hydrogens (tertiary/aromatic N) is 4. The van der Waals surface area contributed by atoms with E-state index in [1.165, 1.54) is 6.33 Å². The van der Waals surface area contributed by atoms with Gasteiger partial charge in [-0.25, -0.2) is 9.97 Å². The molecule has 0 bridgehead atoms. The molecule has 0 saturated carbocycles. The van der Waals surface area contributed by atoms with E-state index in [2.05, 4.69) is 25.8 Å². The van der Waals surface area contributed by atoms with E-state index >= 15 is 0 Å². The molecule has 41 heavy (non-hydrogen) atoms. The highest BCUT2D eigenvalue weighted by Crippen LogP contribution is 2.33. The van der Waals surface area contributed by atoms with Crippen molar-refractivity contribution >= 4 is 58.2 Å². The molecule has 1 amide bonds. The fraction of sp³-hybridized carbons (Fsp3) is 0.310. The number of carbonyl (C=O) groups is 1. The lowest BCUT2D eigenvalue weighted by Gasteiger charge is -2.16. The number of aliphatic hydroxyl groups is 1. The Labute approximate surface area is 250 Å². The van der Waals surface area contributed by atoms with Gasteiger partial charge in [0, 0.05) is 30.5 Å². The summed E-state index contributed by atoms with van der Waals surface area (Å²) in [5.41, 5.74) is 2.84. The van der Waals surface area contributed by atoms with Gasteiger partial charge in [-0.1, -0.05) is 28.9 Å². The van der Waals surface area contributed by atoms with E-state index in [-0.39, 0.29) is 24.7 Å². The summed E-state index contributed by atoms with van der Waals surface area (Å²) in [6.07, 6.45) is 3.41. The monoisotopic (exact) mass is 600 g/mol. The van der Waals surface area contributed by atoms with Gasteiger partial charge < -0.3 is 29.9 Å². The molecule has 0 radical (unpaired) electrons. The first-order chi connectivity index (χ1) is 19.1. The first kappa shape index (κ1) is 31.7. The lowest BCUT2D eigenvalue weighted by atomic mass is 10.1. The third-order valence-corrected chi connectivity index (χ3v) is 6.12. The van der Waals surface area contributed by atoms with Crippen LogP contribution in [0.15, 0.2) is 66.2 Å². The van der Waals surface area contributed by atoms with Gasteiger partial charge in [-0.3, -0.25) is 4.79 Å². The van der Waals surface area contributed by atoms with Crippen LogP contribution in [-0.4, -0.2) is 50.0 Å². The number of hydrogen-bond acceptors (Lipinski definition) is 8. The molecule has 10 nitrogen and oxygen atoms in total. The molecule has 218 valence electrons. The standard InChI is InChI=1S/C29H33ClN6O4.ClH/c1-5-39-35-19(2)20-7-6-8-22(15-20)40-25-10-9-21(16-23(25)30)34-28-27-24(32-18-33-28)11-13-36(27)14-12-31-26(37)17-29(3,4)38;/h6-11,13,15-16,18,38H,5,12,14,17H2,1-4H3,(H,31,37)(H,32,33,34);1H/b35-19+;. The largest absolute Gasteiger partial charge is 0.456 e. The van der Waals surface area contributed by atoms with E-state index < -0.39 is 5.60 Å². The number of fused-ring (bicyclic) bond motifs is 1. The number of nitrogens with one attached hydrogen (secondary N) is 2. The van der Waals surface area contributed by atoms with Crippen LogP contribution >= 0.6 is 24.0 Å². The minimum absolute atomic E-state index is 0. The van der Waals surface area contributed by atoms with Crippen molar-refractivity contribution in [3.8, 4) is 11.5 Å². The number of benzene rings is 2. The summed E-state index contributed by atoms with van der Waals surface area (Å²) in [6.45, 7) is 8.35. The SMILES string of the molecule is CCO/N=C(\C)c1cccc(Oc2ccc(Nc3ncnc4ccn(CCNC(=O)CC(C)(C)O)c34)cc2Cl)c1.Cl. The van der Waals surface area contributed by atoms with Crippen molar-refractivity contribution in [3.63, 3.8) is 0 Å². The van der Waals surface area contributed by atoms with E-state index in [0.29, 0.717) is 42.0 Å². The third kappa shape index (κ3) is 8.81. The van der Waals surface area contributed by atoms with Gasteiger partial charge in [-0.05, 0) is 64.1 Å². The Hall–Kier alpha value is -3.86. The highest BCUT2D eigenvalue weighted by molar-refractivity contribution is 6.32. The van der Waals surface area contributed by atoms with Gasteiger partial charge >= 0.3 is 0 Å². The van der Waals surface area contributed by atoms with Crippen molar-refractivity contribution < 1.29 is 19.5 Å². The molecule has 2 aromatic carbocycles. The number of ether oxygens (including phenoxy) is 1. The number of anilines is 2. The number of aromatic nitrogens is 3. The molecule has 0 spiro atoms. The van der Waals surface area contributed by atoms with Crippen LogP contribution in [0, 0.1) is 0 Å². The normalized spacial score (nSPS) is 11.6. The molecular weight excluding hydrogens is 567 g/mol. The fourth-order valence-corrected chi connectivity index (χ4v) is 4.22. The second kappa shape index (κ2) is 14.2. The molecule has 0 aliphatic heterocycles. The van der Waals surface area contributed by atoms with Gasteiger partial charge in [0.1, 0.15) is 29.9 Å². The predicted octanol–water partition coefficient (Wildman–Crippen LogP) is 6.08. The smallest absolute Gasteiger partial charge is 0.222 e. The van der Waals surface area contributed by atoms with E-state index in [4.69, 9.17) is 21.2 Å². The average molecular weight is 602 g/mol. The third-order valence-electron chi connectivity index (χ3n) is 5.82. The highest BCUT2D eigenvalue weighted by atomic mass is 35.5. The zero-order chi connectivity index (χ0) is 28.7. The van der Waals surface area contributed by atoms with Crippen LogP contribution in [0.5, 0.6) is 11.5 Å². The maximum atomic E-state index is 12.1. The molecule has 0 aliphatic carbocycles. The quantitative estimate of drug-likeness (QED) is 0.133. The van der Waals surface area contributed by atoms with Crippen molar-refractivity contribution in [2.24, 2.45) is 5.16 Å². The second-order valence-electron chi connectivity index (χ2n) is 9.80. The number of carbonyl (C=O) groups excluding carboxylic acids is 1. The van der Waals surface area contributed by atoms with Gasteiger partial charge in [0.2, 0.25) is 5.91 Å².